The Hall–Kier alpha value is -0.120. The maximum absolute atomic E-state index is 9.77. The molecular weight excluding hydrogens is 176 g/mol. The molecule has 0 amide bonds. The van der Waals surface area contributed by atoms with Crippen LogP contribution in [0.3, 0.4) is 0 Å². The summed E-state index contributed by atoms with van der Waals surface area (Å²) < 4.78 is 0. The van der Waals surface area contributed by atoms with E-state index >= 15 is 0 Å². The summed E-state index contributed by atoms with van der Waals surface area (Å²) in [6.07, 6.45) is 1.91. The third-order valence-electron chi connectivity index (χ3n) is 2.62. The summed E-state index contributed by atoms with van der Waals surface area (Å²) >= 11 is 0. The van der Waals surface area contributed by atoms with Crippen molar-refractivity contribution in [2.75, 3.05) is 19.6 Å². The fraction of sp³-hybridized carbons (Fsp3) is 1.00. The molecule has 3 nitrogen and oxygen atoms in total. The van der Waals surface area contributed by atoms with Gasteiger partial charge in [0, 0.05) is 19.1 Å². The van der Waals surface area contributed by atoms with Crippen LogP contribution in [0.25, 0.3) is 0 Å². The first-order valence-electron chi connectivity index (χ1n) is 5.59. The molecule has 3 heteroatoms. The maximum atomic E-state index is 9.77. The van der Waals surface area contributed by atoms with Gasteiger partial charge in [0.15, 0.2) is 0 Å². The second-order valence-corrected chi connectivity index (χ2v) is 4.58. The first-order chi connectivity index (χ1) is 6.43. The zero-order valence-electron chi connectivity index (χ0n) is 10.1. The van der Waals surface area contributed by atoms with Crippen LogP contribution in [0.4, 0.5) is 0 Å². The molecule has 0 aromatic heterocycles. The zero-order chi connectivity index (χ0) is 11.2. The van der Waals surface area contributed by atoms with Crippen molar-refractivity contribution in [3.8, 4) is 0 Å². The number of nitrogens with two attached hydrogens (primary N) is 1. The highest BCUT2D eigenvalue weighted by atomic mass is 16.3. The fourth-order valence-corrected chi connectivity index (χ4v) is 1.40. The third kappa shape index (κ3) is 5.58. The standard InChI is InChI=1S/C11H26N2O/c1-5-7-13(10(2)3)8-6-11(4,14)9-12/h10,14H,5-9,12H2,1-4H3. The van der Waals surface area contributed by atoms with E-state index in [0.29, 0.717) is 12.6 Å². The highest BCUT2D eigenvalue weighted by Gasteiger charge is 2.19. The molecule has 1 atom stereocenters. The lowest BCUT2D eigenvalue weighted by atomic mass is 10.0. The highest BCUT2D eigenvalue weighted by Crippen LogP contribution is 2.10. The molecule has 0 fully saturated rings. The van der Waals surface area contributed by atoms with Crippen LogP contribution in [-0.2, 0) is 0 Å². The molecule has 0 aromatic carbocycles. The van der Waals surface area contributed by atoms with Crippen molar-refractivity contribution < 1.29 is 5.11 Å². The van der Waals surface area contributed by atoms with E-state index < -0.39 is 5.60 Å². The van der Waals surface area contributed by atoms with Crippen molar-refractivity contribution in [3.63, 3.8) is 0 Å². The second-order valence-electron chi connectivity index (χ2n) is 4.58. The van der Waals surface area contributed by atoms with Crippen molar-refractivity contribution in [2.45, 2.75) is 52.2 Å². The summed E-state index contributed by atoms with van der Waals surface area (Å²) in [5.74, 6) is 0. The monoisotopic (exact) mass is 202 g/mol. The van der Waals surface area contributed by atoms with Crippen LogP contribution in [0, 0.1) is 0 Å². The molecule has 0 saturated heterocycles. The summed E-state index contributed by atoms with van der Waals surface area (Å²) in [6, 6.07) is 0.545. The van der Waals surface area contributed by atoms with Crippen LogP contribution >= 0.6 is 0 Å². The predicted octanol–water partition coefficient (Wildman–Crippen LogP) is 1.21. The van der Waals surface area contributed by atoms with Gasteiger partial charge in [0.1, 0.15) is 0 Å². The quantitative estimate of drug-likeness (QED) is 0.652. The van der Waals surface area contributed by atoms with Crippen LogP contribution in [0.15, 0.2) is 0 Å². The van der Waals surface area contributed by atoms with E-state index in [-0.39, 0.29) is 0 Å². The maximum Gasteiger partial charge on any atom is 0.0753 e. The molecular formula is C11H26N2O. The molecule has 3 N–H and O–H groups in total. The molecule has 0 saturated carbocycles. The van der Waals surface area contributed by atoms with E-state index in [4.69, 9.17) is 5.73 Å². The van der Waals surface area contributed by atoms with Crippen LogP contribution in [-0.4, -0.2) is 41.3 Å². The molecule has 0 spiro atoms. The SMILES string of the molecule is CCCN(CCC(C)(O)CN)C(C)C. The van der Waals surface area contributed by atoms with Gasteiger partial charge in [0.05, 0.1) is 5.60 Å². The molecule has 86 valence electrons. The smallest absolute Gasteiger partial charge is 0.0753 e. The summed E-state index contributed by atoms with van der Waals surface area (Å²) in [7, 11) is 0. The summed E-state index contributed by atoms with van der Waals surface area (Å²) in [5.41, 5.74) is 4.77. The van der Waals surface area contributed by atoms with Gasteiger partial charge in [-0.25, -0.2) is 0 Å². The van der Waals surface area contributed by atoms with Gasteiger partial charge in [-0.15, -0.1) is 0 Å². The number of aliphatic hydroxyl groups is 1. The molecule has 0 bridgehead atoms. The van der Waals surface area contributed by atoms with Crippen molar-refractivity contribution >= 4 is 0 Å². The molecule has 0 heterocycles. The van der Waals surface area contributed by atoms with E-state index in [1.807, 2.05) is 0 Å². The highest BCUT2D eigenvalue weighted by molar-refractivity contribution is 4.76. The van der Waals surface area contributed by atoms with E-state index in [0.717, 1.165) is 25.9 Å². The lowest BCUT2D eigenvalue weighted by molar-refractivity contribution is 0.0437. The molecule has 0 aliphatic heterocycles. The Balaban J connectivity index is 3.93. The fourth-order valence-electron chi connectivity index (χ4n) is 1.40. The minimum Gasteiger partial charge on any atom is -0.389 e. The van der Waals surface area contributed by atoms with Gasteiger partial charge in [-0.1, -0.05) is 6.92 Å². The van der Waals surface area contributed by atoms with E-state index in [2.05, 4.69) is 25.7 Å². The number of nitrogens with zero attached hydrogens (tertiary/aromatic N) is 1. The van der Waals surface area contributed by atoms with Crippen molar-refractivity contribution in [1.82, 2.24) is 4.90 Å². The first kappa shape index (κ1) is 13.9. The average molecular weight is 202 g/mol. The summed E-state index contributed by atoms with van der Waals surface area (Å²) in [5, 5.41) is 9.77. The van der Waals surface area contributed by atoms with E-state index in [1.54, 1.807) is 6.92 Å². The van der Waals surface area contributed by atoms with Gasteiger partial charge in [0.25, 0.3) is 0 Å². The Morgan fingerprint density at radius 2 is 1.93 bits per heavy atom. The normalized spacial score (nSPS) is 16.3. The first-order valence-corrected chi connectivity index (χ1v) is 5.59. The number of hydrogen-bond acceptors (Lipinski definition) is 3. The Labute approximate surface area is 88.3 Å². The lowest BCUT2D eigenvalue weighted by Crippen LogP contribution is -2.40. The third-order valence-corrected chi connectivity index (χ3v) is 2.62. The van der Waals surface area contributed by atoms with Crippen LogP contribution < -0.4 is 5.73 Å². The van der Waals surface area contributed by atoms with Gasteiger partial charge < -0.3 is 15.7 Å². The number of hydrogen-bond donors (Lipinski definition) is 2. The van der Waals surface area contributed by atoms with Gasteiger partial charge in [-0.2, -0.15) is 0 Å². The Bertz CT molecular complexity index is 146. The summed E-state index contributed by atoms with van der Waals surface area (Å²) in [6.45, 7) is 10.7. The van der Waals surface area contributed by atoms with Crippen molar-refractivity contribution in [3.05, 3.63) is 0 Å². The zero-order valence-corrected chi connectivity index (χ0v) is 10.1. The minimum atomic E-state index is -0.707. The van der Waals surface area contributed by atoms with Gasteiger partial charge in [-0.3, -0.25) is 0 Å². The van der Waals surface area contributed by atoms with Gasteiger partial charge in [0.2, 0.25) is 0 Å². The summed E-state index contributed by atoms with van der Waals surface area (Å²) in [4.78, 5) is 2.38. The molecule has 14 heavy (non-hydrogen) atoms. The lowest BCUT2D eigenvalue weighted by Gasteiger charge is -2.30. The Kier molecular flexibility index (Phi) is 6.33. The van der Waals surface area contributed by atoms with Crippen molar-refractivity contribution in [2.24, 2.45) is 5.73 Å². The molecule has 0 rings (SSSR count). The molecule has 0 aliphatic rings. The molecule has 0 radical (unpaired) electrons. The Morgan fingerprint density at radius 3 is 2.29 bits per heavy atom. The van der Waals surface area contributed by atoms with E-state index in [1.165, 1.54) is 0 Å². The van der Waals surface area contributed by atoms with E-state index in [9.17, 15) is 5.11 Å². The Morgan fingerprint density at radius 1 is 1.36 bits per heavy atom. The second kappa shape index (κ2) is 6.38. The molecule has 0 aromatic rings. The topological polar surface area (TPSA) is 49.5 Å². The van der Waals surface area contributed by atoms with Crippen molar-refractivity contribution in [1.29, 1.82) is 0 Å². The minimum absolute atomic E-state index is 0.338. The van der Waals surface area contributed by atoms with Gasteiger partial charge >= 0.3 is 0 Å². The molecule has 0 aliphatic carbocycles. The van der Waals surface area contributed by atoms with Gasteiger partial charge in [-0.05, 0) is 40.2 Å². The largest absolute Gasteiger partial charge is 0.389 e. The number of rotatable bonds is 7. The predicted molar refractivity (Wildman–Crippen MR) is 61.3 cm³/mol. The average Bonchev–Trinajstić information content (AvgIpc) is 2.12. The van der Waals surface area contributed by atoms with Crippen LogP contribution in [0.5, 0.6) is 0 Å². The molecule has 1 unspecified atom stereocenters. The van der Waals surface area contributed by atoms with Crippen LogP contribution in [0.1, 0.15) is 40.5 Å². The van der Waals surface area contributed by atoms with Crippen LogP contribution in [0.2, 0.25) is 0 Å².